The van der Waals surface area contributed by atoms with Crippen LogP contribution in [0.25, 0.3) is 0 Å². The summed E-state index contributed by atoms with van der Waals surface area (Å²) in [5.74, 6) is 0.131. The molecule has 20 heavy (non-hydrogen) atoms. The van der Waals surface area contributed by atoms with Gasteiger partial charge in [0.25, 0.3) is 0 Å². The van der Waals surface area contributed by atoms with Crippen molar-refractivity contribution >= 4 is 5.69 Å². The molecule has 0 aliphatic rings. The molecule has 2 aromatic rings. The molecule has 0 saturated heterocycles. The number of aliphatic hydroxyl groups excluding tert-OH is 1. The minimum atomic E-state index is 0.0530. The van der Waals surface area contributed by atoms with Crippen LogP contribution in [0.3, 0.4) is 0 Å². The Morgan fingerprint density at radius 1 is 1.00 bits per heavy atom. The number of aryl methyl sites for hydroxylation is 1. The molecule has 0 fully saturated rings. The number of nitrogens with one attached hydrogen (secondary N) is 1. The van der Waals surface area contributed by atoms with E-state index in [4.69, 9.17) is 5.11 Å². The minimum Gasteiger partial charge on any atom is -0.508 e. The van der Waals surface area contributed by atoms with Crippen molar-refractivity contribution in [1.82, 2.24) is 0 Å². The maximum atomic E-state index is 9.71. The van der Waals surface area contributed by atoms with Crippen LogP contribution in [-0.2, 0) is 13.0 Å². The molecule has 0 saturated carbocycles. The van der Waals surface area contributed by atoms with E-state index in [1.54, 1.807) is 12.1 Å². The first-order chi connectivity index (χ1) is 9.69. The number of benzene rings is 2. The first-order valence-electron chi connectivity index (χ1n) is 6.63. The summed E-state index contributed by atoms with van der Waals surface area (Å²) >= 11 is 0. The van der Waals surface area contributed by atoms with E-state index in [2.05, 4.69) is 5.32 Å². The lowest BCUT2D eigenvalue weighted by molar-refractivity contribution is 0.288. The number of hydrogen-bond donors (Lipinski definition) is 4. The van der Waals surface area contributed by atoms with E-state index in [-0.39, 0.29) is 18.1 Å². The predicted molar refractivity (Wildman–Crippen MR) is 78.9 cm³/mol. The Hall–Kier alpha value is -2.20. The highest BCUT2D eigenvalue weighted by Gasteiger charge is 2.02. The van der Waals surface area contributed by atoms with Crippen molar-refractivity contribution in [2.24, 2.45) is 0 Å². The number of hydrogen-bond acceptors (Lipinski definition) is 4. The monoisotopic (exact) mass is 273 g/mol. The Morgan fingerprint density at radius 3 is 2.60 bits per heavy atom. The molecule has 0 amide bonds. The molecule has 106 valence electrons. The number of phenols is 2. The van der Waals surface area contributed by atoms with Crippen LogP contribution in [0.5, 0.6) is 11.5 Å². The predicted octanol–water partition coefficient (Wildman–Crippen LogP) is 2.63. The summed E-state index contributed by atoms with van der Waals surface area (Å²) in [6.07, 6.45) is 1.60. The highest BCUT2D eigenvalue weighted by Crippen LogP contribution is 2.23. The lowest BCUT2D eigenvalue weighted by atomic mass is 10.1. The SMILES string of the molecule is OCCCc1cccc(NCc2ccc(O)cc2O)c1. The third kappa shape index (κ3) is 3.90. The Balaban J connectivity index is 1.99. The fraction of sp³-hybridized carbons (Fsp3) is 0.250. The summed E-state index contributed by atoms with van der Waals surface area (Å²) in [5.41, 5.74) is 2.86. The molecule has 0 bridgehead atoms. The number of aromatic hydroxyl groups is 2. The fourth-order valence-corrected chi connectivity index (χ4v) is 2.02. The van der Waals surface area contributed by atoms with Gasteiger partial charge >= 0.3 is 0 Å². The Labute approximate surface area is 118 Å². The summed E-state index contributed by atoms with van der Waals surface area (Å²) in [4.78, 5) is 0. The topological polar surface area (TPSA) is 72.7 Å². The standard InChI is InChI=1S/C16H19NO3/c18-8-2-4-12-3-1-5-14(9-12)17-11-13-6-7-15(19)10-16(13)20/h1,3,5-7,9-10,17-20H,2,4,8,11H2. The van der Waals surface area contributed by atoms with E-state index in [0.717, 1.165) is 24.1 Å². The molecule has 0 spiro atoms. The first kappa shape index (κ1) is 14.2. The van der Waals surface area contributed by atoms with Crippen LogP contribution in [0, 0.1) is 0 Å². The Bertz CT molecular complexity index is 569. The number of aliphatic hydroxyl groups is 1. The molecular weight excluding hydrogens is 254 g/mol. The van der Waals surface area contributed by atoms with Gasteiger partial charge in [0.05, 0.1) is 0 Å². The van der Waals surface area contributed by atoms with Gasteiger partial charge in [-0.1, -0.05) is 12.1 Å². The molecule has 0 heterocycles. The van der Waals surface area contributed by atoms with E-state index >= 15 is 0 Å². The van der Waals surface area contributed by atoms with Gasteiger partial charge < -0.3 is 20.6 Å². The molecule has 2 aromatic carbocycles. The zero-order valence-corrected chi connectivity index (χ0v) is 11.2. The van der Waals surface area contributed by atoms with Gasteiger partial charge in [-0.3, -0.25) is 0 Å². The van der Waals surface area contributed by atoms with Gasteiger partial charge in [-0.15, -0.1) is 0 Å². The van der Waals surface area contributed by atoms with E-state index in [1.807, 2.05) is 24.3 Å². The number of phenolic OH excluding ortho intramolecular Hbond substituents is 2. The van der Waals surface area contributed by atoms with Crippen LogP contribution in [-0.4, -0.2) is 21.9 Å². The van der Waals surface area contributed by atoms with Crippen molar-refractivity contribution in [2.45, 2.75) is 19.4 Å². The third-order valence-electron chi connectivity index (χ3n) is 3.10. The number of anilines is 1. The van der Waals surface area contributed by atoms with E-state index in [9.17, 15) is 10.2 Å². The molecule has 4 N–H and O–H groups in total. The van der Waals surface area contributed by atoms with Gasteiger partial charge in [0.15, 0.2) is 0 Å². The van der Waals surface area contributed by atoms with Gasteiger partial charge in [0.1, 0.15) is 11.5 Å². The molecular formula is C16H19NO3. The van der Waals surface area contributed by atoms with Crippen molar-refractivity contribution in [3.63, 3.8) is 0 Å². The van der Waals surface area contributed by atoms with Crippen LogP contribution in [0.15, 0.2) is 42.5 Å². The van der Waals surface area contributed by atoms with E-state index in [1.165, 1.54) is 11.6 Å². The fourth-order valence-electron chi connectivity index (χ4n) is 2.02. The second-order valence-corrected chi connectivity index (χ2v) is 4.69. The van der Waals surface area contributed by atoms with Crippen LogP contribution in [0.1, 0.15) is 17.5 Å². The quantitative estimate of drug-likeness (QED) is 0.653. The Kier molecular flexibility index (Phi) is 4.85. The highest BCUT2D eigenvalue weighted by atomic mass is 16.3. The number of rotatable bonds is 6. The van der Waals surface area contributed by atoms with Crippen molar-refractivity contribution in [3.8, 4) is 11.5 Å². The average molecular weight is 273 g/mol. The summed E-state index contributed by atoms with van der Waals surface area (Å²) in [6, 6.07) is 12.5. The largest absolute Gasteiger partial charge is 0.508 e. The van der Waals surface area contributed by atoms with Gasteiger partial charge in [0.2, 0.25) is 0 Å². The molecule has 0 atom stereocenters. The third-order valence-corrected chi connectivity index (χ3v) is 3.10. The van der Waals surface area contributed by atoms with E-state index in [0.29, 0.717) is 6.54 Å². The molecule has 4 nitrogen and oxygen atoms in total. The molecule has 2 rings (SSSR count). The molecule has 0 aliphatic heterocycles. The second kappa shape index (κ2) is 6.82. The lowest BCUT2D eigenvalue weighted by Gasteiger charge is -2.10. The first-order valence-corrected chi connectivity index (χ1v) is 6.63. The maximum absolute atomic E-state index is 9.71. The molecule has 0 aromatic heterocycles. The summed E-state index contributed by atoms with van der Waals surface area (Å²) in [7, 11) is 0. The van der Waals surface area contributed by atoms with Crippen LogP contribution in [0.2, 0.25) is 0 Å². The van der Waals surface area contributed by atoms with E-state index < -0.39 is 0 Å². The molecule has 0 radical (unpaired) electrons. The molecule has 0 unspecified atom stereocenters. The van der Waals surface area contributed by atoms with Gasteiger partial charge in [0, 0.05) is 30.5 Å². The van der Waals surface area contributed by atoms with Crippen molar-refractivity contribution in [1.29, 1.82) is 0 Å². The zero-order chi connectivity index (χ0) is 14.4. The van der Waals surface area contributed by atoms with Crippen molar-refractivity contribution in [2.75, 3.05) is 11.9 Å². The summed E-state index contributed by atoms with van der Waals surface area (Å²) < 4.78 is 0. The van der Waals surface area contributed by atoms with Crippen LogP contribution < -0.4 is 5.32 Å². The lowest BCUT2D eigenvalue weighted by Crippen LogP contribution is -2.00. The Morgan fingerprint density at radius 2 is 1.85 bits per heavy atom. The average Bonchev–Trinajstić information content (AvgIpc) is 2.45. The summed E-state index contributed by atoms with van der Waals surface area (Å²) in [5, 5.41) is 31.0. The molecule has 4 heteroatoms. The second-order valence-electron chi connectivity index (χ2n) is 4.69. The van der Waals surface area contributed by atoms with Crippen LogP contribution >= 0.6 is 0 Å². The van der Waals surface area contributed by atoms with Gasteiger partial charge in [-0.05, 0) is 42.7 Å². The zero-order valence-electron chi connectivity index (χ0n) is 11.2. The normalized spacial score (nSPS) is 10.4. The van der Waals surface area contributed by atoms with Crippen molar-refractivity contribution < 1.29 is 15.3 Å². The van der Waals surface area contributed by atoms with Crippen LogP contribution in [0.4, 0.5) is 5.69 Å². The minimum absolute atomic E-state index is 0.0530. The van der Waals surface area contributed by atoms with Gasteiger partial charge in [-0.2, -0.15) is 0 Å². The summed E-state index contributed by atoms with van der Waals surface area (Å²) in [6.45, 7) is 0.675. The van der Waals surface area contributed by atoms with Crippen molar-refractivity contribution in [3.05, 3.63) is 53.6 Å². The maximum Gasteiger partial charge on any atom is 0.124 e. The highest BCUT2D eigenvalue weighted by molar-refractivity contribution is 5.48. The smallest absolute Gasteiger partial charge is 0.124 e. The van der Waals surface area contributed by atoms with Gasteiger partial charge in [-0.25, -0.2) is 0 Å². The molecule has 0 aliphatic carbocycles.